The van der Waals surface area contributed by atoms with Crippen LogP contribution >= 0.6 is 11.8 Å². The van der Waals surface area contributed by atoms with Crippen LogP contribution in [0.5, 0.6) is 23.0 Å². The molecule has 10 heteroatoms. The van der Waals surface area contributed by atoms with Gasteiger partial charge in [0.1, 0.15) is 11.5 Å². The number of nitrogens with zero attached hydrogens (tertiary/aromatic N) is 2. The average molecular weight is 445 g/mol. The molecule has 1 N–H and O–H groups in total. The van der Waals surface area contributed by atoms with Gasteiger partial charge in [-0.3, -0.25) is 4.79 Å². The molecular formula is C21H23N3O6S. The molecule has 0 fully saturated rings. The van der Waals surface area contributed by atoms with E-state index in [4.69, 9.17) is 23.5 Å². The largest absolute Gasteiger partial charge is 0.497 e. The smallest absolute Gasteiger partial charge is 0.236 e. The predicted molar refractivity (Wildman–Crippen MR) is 117 cm³/mol. The van der Waals surface area contributed by atoms with Gasteiger partial charge in [0.2, 0.25) is 17.6 Å². The van der Waals surface area contributed by atoms with Gasteiger partial charge in [0, 0.05) is 11.6 Å². The molecule has 1 aromatic heterocycles. The Morgan fingerprint density at radius 1 is 0.968 bits per heavy atom. The van der Waals surface area contributed by atoms with Crippen LogP contribution in [-0.2, 0) is 10.5 Å². The molecule has 3 aromatic rings. The second kappa shape index (κ2) is 10.6. The molecule has 0 saturated carbocycles. The Bertz CT molecular complexity index is 1040. The van der Waals surface area contributed by atoms with Gasteiger partial charge in [0.15, 0.2) is 11.5 Å². The zero-order valence-electron chi connectivity index (χ0n) is 17.6. The second-order valence-corrected chi connectivity index (χ2v) is 7.17. The molecule has 0 aliphatic heterocycles. The lowest BCUT2D eigenvalue weighted by Gasteiger charge is -2.11. The van der Waals surface area contributed by atoms with E-state index in [-0.39, 0.29) is 11.7 Å². The molecule has 1 amide bonds. The normalized spacial score (nSPS) is 10.5. The zero-order valence-corrected chi connectivity index (χ0v) is 18.4. The van der Waals surface area contributed by atoms with Crippen LogP contribution in [0.2, 0.25) is 0 Å². The molecule has 1 heterocycles. The summed E-state index contributed by atoms with van der Waals surface area (Å²) in [5.41, 5.74) is 1.31. The molecule has 0 bridgehead atoms. The van der Waals surface area contributed by atoms with Crippen molar-refractivity contribution < 1.29 is 28.3 Å². The molecule has 31 heavy (non-hydrogen) atoms. The Morgan fingerprint density at radius 3 is 2.45 bits per heavy atom. The summed E-state index contributed by atoms with van der Waals surface area (Å²) < 4.78 is 26.3. The van der Waals surface area contributed by atoms with E-state index >= 15 is 0 Å². The average Bonchev–Trinajstić information content (AvgIpc) is 3.27. The highest BCUT2D eigenvalue weighted by Gasteiger charge is 2.14. The predicted octanol–water partition coefficient (Wildman–Crippen LogP) is 3.64. The maximum absolute atomic E-state index is 12.3. The van der Waals surface area contributed by atoms with E-state index in [2.05, 4.69) is 15.5 Å². The van der Waals surface area contributed by atoms with Gasteiger partial charge in [-0.2, -0.15) is 4.98 Å². The minimum atomic E-state index is -0.173. The number of anilines is 1. The van der Waals surface area contributed by atoms with Crippen molar-refractivity contribution in [2.24, 2.45) is 0 Å². The first-order valence-electron chi connectivity index (χ1n) is 9.22. The molecule has 164 valence electrons. The number of hydrogen-bond donors (Lipinski definition) is 1. The van der Waals surface area contributed by atoms with Crippen molar-refractivity contribution in [2.45, 2.75) is 5.75 Å². The van der Waals surface area contributed by atoms with Crippen molar-refractivity contribution in [3.63, 3.8) is 0 Å². The molecule has 2 aromatic carbocycles. The van der Waals surface area contributed by atoms with Crippen LogP contribution in [-0.4, -0.2) is 50.2 Å². The summed E-state index contributed by atoms with van der Waals surface area (Å²) in [5, 5.41) is 6.82. The van der Waals surface area contributed by atoms with E-state index in [9.17, 15) is 4.79 Å². The summed E-state index contributed by atoms with van der Waals surface area (Å²) in [6.07, 6.45) is 0. The fourth-order valence-electron chi connectivity index (χ4n) is 2.73. The minimum Gasteiger partial charge on any atom is -0.497 e. The van der Waals surface area contributed by atoms with Crippen LogP contribution in [0, 0.1) is 0 Å². The number of thioether (sulfide) groups is 1. The summed E-state index contributed by atoms with van der Waals surface area (Å²) in [4.78, 5) is 16.6. The minimum absolute atomic E-state index is 0.173. The number of carbonyl (C=O) groups excluding carboxylic acids is 1. The lowest BCUT2D eigenvalue weighted by molar-refractivity contribution is -0.113. The Balaban J connectivity index is 1.55. The topological polar surface area (TPSA) is 105 Å². The first kappa shape index (κ1) is 22.3. The Hall–Kier alpha value is -3.40. The Morgan fingerprint density at radius 2 is 1.74 bits per heavy atom. The highest BCUT2D eigenvalue weighted by Crippen LogP contribution is 2.32. The van der Waals surface area contributed by atoms with Crippen LogP contribution < -0.4 is 24.3 Å². The number of benzene rings is 2. The number of ether oxygens (including phenoxy) is 4. The van der Waals surface area contributed by atoms with Crippen molar-refractivity contribution in [1.29, 1.82) is 0 Å². The number of nitrogens with one attached hydrogen (secondary N) is 1. The van der Waals surface area contributed by atoms with Gasteiger partial charge in [0.25, 0.3) is 0 Å². The van der Waals surface area contributed by atoms with Crippen molar-refractivity contribution in [2.75, 3.05) is 39.5 Å². The summed E-state index contributed by atoms with van der Waals surface area (Å²) in [6, 6.07) is 10.6. The lowest BCUT2D eigenvalue weighted by Crippen LogP contribution is -2.14. The number of amides is 1. The van der Waals surface area contributed by atoms with Gasteiger partial charge >= 0.3 is 0 Å². The van der Waals surface area contributed by atoms with Crippen LogP contribution in [0.1, 0.15) is 5.89 Å². The molecule has 0 aliphatic carbocycles. The van der Waals surface area contributed by atoms with Crippen LogP contribution in [0.25, 0.3) is 11.4 Å². The zero-order chi connectivity index (χ0) is 22.2. The van der Waals surface area contributed by atoms with E-state index < -0.39 is 0 Å². The third kappa shape index (κ3) is 5.60. The fourth-order valence-corrected chi connectivity index (χ4v) is 3.38. The van der Waals surface area contributed by atoms with E-state index in [1.54, 1.807) is 51.7 Å². The number of hydrogen-bond acceptors (Lipinski definition) is 9. The lowest BCUT2D eigenvalue weighted by atomic mass is 10.2. The van der Waals surface area contributed by atoms with Crippen LogP contribution in [0.4, 0.5) is 5.69 Å². The Kier molecular flexibility index (Phi) is 7.60. The SMILES string of the molecule is COc1ccc(NC(=O)CSCc2nc(-c3ccc(OC)c(OC)c3)no2)c(OC)c1. The van der Waals surface area contributed by atoms with Crippen molar-refractivity contribution >= 4 is 23.4 Å². The highest BCUT2D eigenvalue weighted by molar-refractivity contribution is 7.99. The van der Waals surface area contributed by atoms with Crippen molar-refractivity contribution in [1.82, 2.24) is 10.1 Å². The monoisotopic (exact) mass is 445 g/mol. The summed E-state index contributed by atoms with van der Waals surface area (Å²) in [7, 11) is 6.23. The number of carbonyl (C=O) groups is 1. The third-order valence-corrected chi connectivity index (χ3v) is 5.17. The van der Waals surface area contributed by atoms with Crippen molar-refractivity contribution in [3.8, 4) is 34.4 Å². The molecule has 9 nitrogen and oxygen atoms in total. The maximum atomic E-state index is 12.3. The summed E-state index contributed by atoms with van der Waals surface area (Å²) >= 11 is 1.36. The second-order valence-electron chi connectivity index (χ2n) is 6.19. The summed E-state index contributed by atoms with van der Waals surface area (Å²) in [6.45, 7) is 0. The van der Waals surface area contributed by atoms with Gasteiger partial charge in [-0.05, 0) is 30.3 Å². The van der Waals surface area contributed by atoms with E-state index in [0.717, 1.165) is 5.56 Å². The first-order chi connectivity index (χ1) is 15.1. The molecule has 0 aliphatic rings. The number of aromatic nitrogens is 2. The maximum Gasteiger partial charge on any atom is 0.236 e. The number of methoxy groups -OCH3 is 4. The fraction of sp³-hybridized carbons (Fsp3) is 0.286. The molecule has 0 atom stereocenters. The van der Waals surface area contributed by atoms with Gasteiger partial charge < -0.3 is 28.8 Å². The van der Waals surface area contributed by atoms with Gasteiger partial charge in [-0.1, -0.05) is 5.16 Å². The third-order valence-electron chi connectivity index (χ3n) is 4.25. The molecule has 3 rings (SSSR count). The number of rotatable bonds is 10. The van der Waals surface area contributed by atoms with Gasteiger partial charge in [-0.15, -0.1) is 11.8 Å². The highest BCUT2D eigenvalue weighted by atomic mass is 32.2. The Labute approximate surface area is 184 Å². The van der Waals surface area contributed by atoms with Crippen molar-refractivity contribution in [3.05, 3.63) is 42.3 Å². The quantitative estimate of drug-likeness (QED) is 0.501. The van der Waals surface area contributed by atoms with E-state index in [0.29, 0.717) is 46.2 Å². The molecule has 0 radical (unpaired) electrons. The van der Waals surface area contributed by atoms with Gasteiger partial charge in [0.05, 0.1) is 45.6 Å². The molecule has 0 spiro atoms. The standard InChI is InChI=1S/C21H23N3O6S/c1-26-14-6-7-15(17(10-14)28-3)22-19(25)11-31-12-20-23-21(24-30-20)13-5-8-16(27-2)18(9-13)29-4/h5-10H,11-12H2,1-4H3,(H,22,25). The molecule has 0 saturated heterocycles. The molecular weight excluding hydrogens is 422 g/mol. The van der Waals surface area contributed by atoms with Gasteiger partial charge in [-0.25, -0.2) is 0 Å². The summed E-state index contributed by atoms with van der Waals surface area (Å²) in [5.74, 6) is 3.65. The van der Waals surface area contributed by atoms with E-state index in [1.165, 1.54) is 18.9 Å². The van der Waals surface area contributed by atoms with E-state index in [1.807, 2.05) is 6.07 Å². The van der Waals surface area contributed by atoms with Crippen LogP contribution in [0.15, 0.2) is 40.9 Å². The first-order valence-corrected chi connectivity index (χ1v) is 10.4. The molecule has 0 unspecified atom stereocenters. The van der Waals surface area contributed by atoms with Crippen LogP contribution in [0.3, 0.4) is 0 Å².